The molecule has 8 heteroatoms. The first kappa shape index (κ1) is 17.0. The Morgan fingerprint density at radius 2 is 2.00 bits per heavy atom. The first-order valence-corrected chi connectivity index (χ1v) is 10.0. The topological polar surface area (TPSA) is 79.0 Å². The standard InChI is InChI=1S/C16H23N3O4S/c1-24(21,22)19-9-7-18(8-10-19)16(20)17-6-4-13-2-3-15-14(12-13)5-11-23-15/h2-3,12H,4-11H2,1H3,(H,17,20). The number of piperazine rings is 1. The monoisotopic (exact) mass is 353 g/mol. The van der Waals surface area contributed by atoms with Crippen molar-refractivity contribution in [3.8, 4) is 5.75 Å². The van der Waals surface area contributed by atoms with E-state index in [1.807, 2.05) is 12.1 Å². The zero-order valence-corrected chi connectivity index (χ0v) is 14.6. The van der Waals surface area contributed by atoms with Gasteiger partial charge in [0.2, 0.25) is 10.0 Å². The molecule has 0 aliphatic carbocycles. The Hall–Kier alpha value is -1.80. The third-order valence-corrected chi connectivity index (χ3v) is 5.74. The summed E-state index contributed by atoms with van der Waals surface area (Å²) in [5, 5.41) is 2.91. The van der Waals surface area contributed by atoms with Gasteiger partial charge >= 0.3 is 6.03 Å². The van der Waals surface area contributed by atoms with Crippen molar-refractivity contribution in [1.29, 1.82) is 0 Å². The van der Waals surface area contributed by atoms with E-state index in [1.165, 1.54) is 21.7 Å². The average Bonchev–Trinajstić information content (AvgIpc) is 3.02. The van der Waals surface area contributed by atoms with Gasteiger partial charge < -0.3 is 15.0 Å². The summed E-state index contributed by atoms with van der Waals surface area (Å²) in [6.07, 6.45) is 2.91. The number of rotatable bonds is 4. The van der Waals surface area contributed by atoms with Gasteiger partial charge in [0, 0.05) is 39.1 Å². The second-order valence-electron chi connectivity index (χ2n) is 6.17. The quantitative estimate of drug-likeness (QED) is 0.852. The number of ether oxygens (including phenoxy) is 1. The van der Waals surface area contributed by atoms with Gasteiger partial charge in [-0.2, -0.15) is 4.31 Å². The number of urea groups is 1. The molecule has 0 unspecified atom stereocenters. The van der Waals surface area contributed by atoms with Crippen molar-refractivity contribution in [1.82, 2.24) is 14.5 Å². The minimum atomic E-state index is -3.17. The number of nitrogens with one attached hydrogen (secondary N) is 1. The highest BCUT2D eigenvalue weighted by Crippen LogP contribution is 2.25. The average molecular weight is 353 g/mol. The largest absolute Gasteiger partial charge is 0.493 e. The number of sulfonamides is 1. The van der Waals surface area contributed by atoms with Gasteiger partial charge in [-0.3, -0.25) is 0 Å². The van der Waals surface area contributed by atoms with Crippen LogP contribution >= 0.6 is 0 Å². The molecule has 1 saturated heterocycles. The van der Waals surface area contributed by atoms with E-state index in [4.69, 9.17) is 4.74 Å². The van der Waals surface area contributed by atoms with Gasteiger partial charge in [-0.05, 0) is 23.6 Å². The highest BCUT2D eigenvalue weighted by atomic mass is 32.2. The van der Waals surface area contributed by atoms with Crippen molar-refractivity contribution in [2.75, 3.05) is 45.6 Å². The Morgan fingerprint density at radius 1 is 1.25 bits per heavy atom. The van der Waals surface area contributed by atoms with Crippen LogP contribution in [0.25, 0.3) is 0 Å². The zero-order valence-electron chi connectivity index (χ0n) is 13.8. The number of fused-ring (bicyclic) bond motifs is 1. The highest BCUT2D eigenvalue weighted by Gasteiger charge is 2.25. The molecule has 1 aromatic carbocycles. The molecule has 24 heavy (non-hydrogen) atoms. The van der Waals surface area contributed by atoms with Crippen LogP contribution in [-0.4, -0.2) is 69.2 Å². The molecule has 1 fully saturated rings. The number of carbonyl (C=O) groups excluding carboxylic acids is 1. The van der Waals surface area contributed by atoms with Gasteiger partial charge in [-0.1, -0.05) is 12.1 Å². The van der Waals surface area contributed by atoms with E-state index in [-0.39, 0.29) is 6.03 Å². The molecular formula is C16H23N3O4S. The molecule has 0 radical (unpaired) electrons. The maximum absolute atomic E-state index is 12.2. The lowest BCUT2D eigenvalue weighted by Crippen LogP contribution is -2.53. The Bertz CT molecular complexity index is 712. The molecule has 2 heterocycles. The molecule has 1 N–H and O–H groups in total. The molecule has 132 valence electrons. The van der Waals surface area contributed by atoms with E-state index < -0.39 is 10.0 Å². The highest BCUT2D eigenvalue weighted by molar-refractivity contribution is 7.88. The van der Waals surface area contributed by atoms with Gasteiger partial charge in [0.1, 0.15) is 5.75 Å². The van der Waals surface area contributed by atoms with Gasteiger partial charge in [0.25, 0.3) is 0 Å². The molecule has 0 saturated carbocycles. The Morgan fingerprint density at radius 3 is 2.71 bits per heavy atom. The van der Waals surface area contributed by atoms with Crippen LogP contribution in [0, 0.1) is 0 Å². The van der Waals surface area contributed by atoms with Gasteiger partial charge in [0.15, 0.2) is 0 Å². The van der Waals surface area contributed by atoms with Crippen molar-refractivity contribution in [2.45, 2.75) is 12.8 Å². The number of carbonyl (C=O) groups is 1. The molecule has 2 aliphatic rings. The van der Waals surface area contributed by atoms with E-state index in [0.717, 1.165) is 25.2 Å². The van der Waals surface area contributed by atoms with Crippen LogP contribution in [0.1, 0.15) is 11.1 Å². The van der Waals surface area contributed by atoms with Crippen molar-refractivity contribution in [2.24, 2.45) is 0 Å². The molecule has 2 amide bonds. The zero-order chi connectivity index (χ0) is 17.2. The Labute approximate surface area is 142 Å². The van der Waals surface area contributed by atoms with Gasteiger partial charge in [0.05, 0.1) is 12.9 Å². The summed E-state index contributed by atoms with van der Waals surface area (Å²) in [5.41, 5.74) is 2.41. The lowest BCUT2D eigenvalue weighted by molar-refractivity contribution is 0.172. The van der Waals surface area contributed by atoms with Crippen LogP contribution in [0.3, 0.4) is 0 Å². The summed E-state index contributed by atoms with van der Waals surface area (Å²) in [6.45, 7) is 2.87. The predicted octanol–water partition coefficient (Wildman–Crippen LogP) is 0.451. The van der Waals surface area contributed by atoms with Crippen LogP contribution in [0.4, 0.5) is 4.79 Å². The summed E-state index contributed by atoms with van der Waals surface area (Å²) in [6, 6.07) is 6.03. The van der Waals surface area contributed by atoms with Crippen LogP contribution in [-0.2, 0) is 22.9 Å². The van der Waals surface area contributed by atoms with Crippen LogP contribution in [0.15, 0.2) is 18.2 Å². The van der Waals surface area contributed by atoms with Crippen LogP contribution in [0.2, 0.25) is 0 Å². The molecule has 7 nitrogen and oxygen atoms in total. The smallest absolute Gasteiger partial charge is 0.317 e. The molecule has 0 aromatic heterocycles. The Balaban J connectivity index is 1.43. The van der Waals surface area contributed by atoms with Crippen molar-refractivity contribution in [3.63, 3.8) is 0 Å². The fraction of sp³-hybridized carbons (Fsp3) is 0.562. The van der Waals surface area contributed by atoms with E-state index >= 15 is 0 Å². The van der Waals surface area contributed by atoms with E-state index in [0.29, 0.717) is 32.7 Å². The third kappa shape index (κ3) is 3.99. The fourth-order valence-corrected chi connectivity index (χ4v) is 3.87. The molecule has 0 spiro atoms. The Kier molecular flexibility index (Phi) is 4.96. The SMILES string of the molecule is CS(=O)(=O)N1CCN(C(=O)NCCc2ccc3c(c2)CCO3)CC1. The lowest BCUT2D eigenvalue weighted by Gasteiger charge is -2.33. The first-order valence-electron chi connectivity index (χ1n) is 8.16. The molecular weight excluding hydrogens is 330 g/mol. The van der Waals surface area contributed by atoms with Crippen molar-refractivity contribution < 1.29 is 17.9 Å². The van der Waals surface area contributed by atoms with Gasteiger partial charge in [-0.15, -0.1) is 0 Å². The number of hydrogen-bond donors (Lipinski definition) is 1. The minimum Gasteiger partial charge on any atom is -0.493 e. The van der Waals surface area contributed by atoms with Crippen LogP contribution < -0.4 is 10.1 Å². The first-order chi connectivity index (χ1) is 11.4. The molecule has 3 rings (SSSR count). The number of hydrogen-bond acceptors (Lipinski definition) is 4. The normalized spacial score (nSPS) is 18.1. The number of benzene rings is 1. The summed E-state index contributed by atoms with van der Waals surface area (Å²) in [4.78, 5) is 13.8. The second kappa shape index (κ2) is 6.98. The summed E-state index contributed by atoms with van der Waals surface area (Å²) >= 11 is 0. The van der Waals surface area contributed by atoms with Crippen LogP contribution in [0.5, 0.6) is 5.75 Å². The maximum Gasteiger partial charge on any atom is 0.317 e. The third-order valence-electron chi connectivity index (χ3n) is 4.44. The lowest BCUT2D eigenvalue weighted by atomic mass is 10.1. The predicted molar refractivity (Wildman–Crippen MR) is 90.7 cm³/mol. The second-order valence-corrected chi connectivity index (χ2v) is 8.15. The number of nitrogens with zero attached hydrogens (tertiary/aromatic N) is 2. The van der Waals surface area contributed by atoms with Crippen molar-refractivity contribution in [3.05, 3.63) is 29.3 Å². The molecule has 0 bridgehead atoms. The van der Waals surface area contributed by atoms with E-state index in [1.54, 1.807) is 4.90 Å². The summed E-state index contributed by atoms with van der Waals surface area (Å²) < 4.78 is 29.8. The van der Waals surface area contributed by atoms with Gasteiger partial charge in [-0.25, -0.2) is 13.2 Å². The number of amides is 2. The fourth-order valence-electron chi connectivity index (χ4n) is 3.04. The van der Waals surface area contributed by atoms with Crippen molar-refractivity contribution >= 4 is 16.1 Å². The molecule has 0 atom stereocenters. The minimum absolute atomic E-state index is 0.132. The maximum atomic E-state index is 12.2. The van der Waals surface area contributed by atoms with E-state index in [2.05, 4.69) is 11.4 Å². The molecule has 1 aromatic rings. The summed E-state index contributed by atoms with van der Waals surface area (Å²) in [5.74, 6) is 0.964. The summed E-state index contributed by atoms with van der Waals surface area (Å²) in [7, 11) is -3.17. The van der Waals surface area contributed by atoms with E-state index in [9.17, 15) is 13.2 Å². The molecule has 2 aliphatic heterocycles.